The monoisotopic (exact) mass is 255 g/mol. The molecule has 2 unspecified atom stereocenters. The summed E-state index contributed by atoms with van der Waals surface area (Å²) in [5.74, 6) is -2.46. The molecule has 5 heteroatoms. The van der Waals surface area contributed by atoms with Gasteiger partial charge in [0, 0.05) is 30.6 Å². The Kier molecular flexibility index (Phi) is 3.52. The number of aromatic nitrogens is 1. The summed E-state index contributed by atoms with van der Waals surface area (Å²) in [6, 6.07) is 1.36. The van der Waals surface area contributed by atoms with Gasteiger partial charge in [-0.3, -0.25) is 0 Å². The molecule has 3 nitrogen and oxygen atoms in total. The first-order chi connectivity index (χ1) is 8.41. The number of hydrogen-bond donors (Lipinski definition) is 2. The molecule has 2 rings (SSSR count). The van der Waals surface area contributed by atoms with E-state index >= 15 is 0 Å². The van der Waals surface area contributed by atoms with Crippen molar-refractivity contribution in [2.45, 2.75) is 44.6 Å². The van der Waals surface area contributed by atoms with E-state index in [4.69, 9.17) is 11.5 Å². The Morgan fingerprint density at radius 2 is 2.22 bits per heavy atom. The first kappa shape index (κ1) is 13.2. The van der Waals surface area contributed by atoms with Crippen LogP contribution in [0.5, 0.6) is 0 Å². The van der Waals surface area contributed by atoms with Crippen molar-refractivity contribution in [1.82, 2.24) is 4.98 Å². The van der Waals surface area contributed by atoms with E-state index in [0.717, 1.165) is 17.5 Å². The Balaban J connectivity index is 2.23. The second-order valence-electron chi connectivity index (χ2n) is 5.16. The van der Waals surface area contributed by atoms with Crippen LogP contribution in [0.3, 0.4) is 0 Å². The third-order valence-electron chi connectivity index (χ3n) is 3.76. The molecule has 0 radical (unpaired) electrons. The lowest BCUT2D eigenvalue weighted by atomic mass is 9.79. The minimum absolute atomic E-state index is 0.0300. The number of alkyl halides is 2. The van der Waals surface area contributed by atoms with Crippen LogP contribution < -0.4 is 11.5 Å². The number of rotatable bonds is 2. The highest BCUT2D eigenvalue weighted by Crippen LogP contribution is 2.42. The summed E-state index contributed by atoms with van der Waals surface area (Å²) < 4.78 is 26.9. The van der Waals surface area contributed by atoms with Crippen LogP contribution in [0.25, 0.3) is 0 Å². The second kappa shape index (κ2) is 4.80. The lowest BCUT2D eigenvalue weighted by molar-refractivity contribution is -0.0563. The number of pyridine rings is 1. The molecule has 0 amide bonds. The standard InChI is InChI=1S/C13H19F2N3/c1-8-4-6-18-12(17)10(8)11(16)9-3-2-5-13(14,15)7-9/h4,6,9,11H,2-3,5,7,16H2,1H3,(H2,17,18). The summed E-state index contributed by atoms with van der Waals surface area (Å²) in [4.78, 5) is 4.00. The van der Waals surface area contributed by atoms with Gasteiger partial charge in [0.1, 0.15) is 5.82 Å². The number of hydrogen-bond acceptors (Lipinski definition) is 3. The Hall–Kier alpha value is -1.23. The van der Waals surface area contributed by atoms with Crippen LogP contribution in [0, 0.1) is 12.8 Å². The van der Waals surface area contributed by atoms with E-state index in [-0.39, 0.29) is 18.8 Å². The van der Waals surface area contributed by atoms with Gasteiger partial charge in [0.15, 0.2) is 0 Å². The SMILES string of the molecule is Cc1ccnc(N)c1C(N)C1CCCC(F)(F)C1. The number of aryl methyl sites for hydroxylation is 1. The van der Waals surface area contributed by atoms with Crippen LogP contribution in [0.4, 0.5) is 14.6 Å². The van der Waals surface area contributed by atoms with E-state index in [2.05, 4.69) is 4.98 Å². The van der Waals surface area contributed by atoms with Crippen molar-refractivity contribution in [1.29, 1.82) is 0 Å². The average molecular weight is 255 g/mol. The van der Waals surface area contributed by atoms with Gasteiger partial charge in [-0.25, -0.2) is 13.8 Å². The van der Waals surface area contributed by atoms with E-state index < -0.39 is 12.0 Å². The second-order valence-corrected chi connectivity index (χ2v) is 5.16. The average Bonchev–Trinajstić information content (AvgIpc) is 2.27. The molecule has 0 aliphatic heterocycles. The Morgan fingerprint density at radius 3 is 2.83 bits per heavy atom. The lowest BCUT2D eigenvalue weighted by Gasteiger charge is -2.33. The van der Waals surface area contributed by atoms with E-state index in [9.17, 15) is 8.78 Å². The molecule has 100 valence electrons. The summed E-state index contributed by atoms with van der Waals surface area (Å²) in [5.41, 5.74) is 13.6. The van der Waals surface area contributed by atoms with Crippen molar-refractivity contribution in [2.24, 2.45) is 11.7 Å². The summed E-state index contributed by atoms with van der Waals surface area (Å²) in [5, 5.41) is 0. The molecule has 0 spiro atoms. The summed E-state index contributed by atoms with van der Waals surface area (Å²) in [7, 11) is 0. The zero-order chi connectivity index (χ0) is 13.3. The predicted octanol–water partition coefficient (Wildman–Crippen LogP) is 2.80. The van der Waals surface area contributed by atoms with Crippen molar-refractivity contribution >= 4 is 5.82 Å². The number of halogens is 2. The third kappa shape index (κ3) is 2.61. The summed E-state index contributed by atoms with van der Waals surface area (Å²) >= 11 is 0. The number of anilines is 1. The first-order valence-corrected chi connectivity index (χ1v) is 6.25. The van der Waals surface area contributed by atoms with Gasteiger partial charge in [-0.05, 0) is 37.3 Å². The molecule has 1 saturated carbocycles. The topological polar surface area (TPSA) is 64.9 Å². The van der Waals surface area contributed by atoms with Gasteiger partial charge in [0.05, 0.1) is 0 Å². The Morgan fingerprint density at radius 1 is 1.50 bits per heavy atom. The number of nitrogens with two attached hydrogens (primary N) is 2. The van der Waals surface area contributed by atoms with E-state index in [1.807, 2.05) is 13.0 Å². The molecule has 1 aliphatic carbocycles. The minimum Gasteiger partial charge on any atom is -0.383 e. The molecule has 1 aliphatic rings. The molecule has 1 aromatic heterocycles. The van der Waals surface area contributed by atoms with Crippen LogP contribution >= 0.6 is 0 Å². The maximum atomic E-state index is 13.4. The maximum absolute atomic E-state index is 13.4. The Bertz CT molecular complexity index is 414. The number of nitrogens with zero attached hydrogens (tertiary/aromatic N) is 1. The molecule has 0 aromatic carbocycles. The van der Waals surface area contributed by atoms with Gasteiger partial charge in [0.25, 0.3) is 0 Å². The number of nitrogen functional groups attached to an aromatic ring is 1. The van der Waals surface area contributed by atoms with Crippen molar-refractivity contribution < 1.29 is 8.78 Å². The molecular weight excluding hydrogens is 236 g/mol. The molecule has 0 saturated heterocycles. The smallest absolute Gasteiger partial charge is 0.248 e. The fourth-order valence-corrected chi connectivity index (χ4v) is 2.78. The molecule has 1 heterocycles. The summed E-state index contributed by atoms with van der Waals surface area (Å²) in [6.07, 6.45) is 2.67. The van der Waals surface area contributed by atoms with Crippen molar-refractivity contribution in [3.05, 3.63) is 23.4 Å². The van der Waals surface area contributed by atoms with Crippen LogP contribution in [-0.2, 0) is 0 Å². The quantitative estimate of drug-likeness (QED) is 0.854. The summed E-state index contributed by atoms with van der Waals surface area (Å²) in [6.45, 7) is 1.88. The largest absolute Gasteiger partial charge is 0.383 e. The highest BCUT2D eigenvalue weighted by Gasteiger charge is 2.39. The van der Waals surface area contributed by atoms with E-state index in [1.54, 1.807) is 6.20 Å². The van der Waals surface area contributed by atoms with Crippen molar-refractivity contribution in [3.63, 3.8) is 0 Å². The van der Waals surface area contributed by atoms with Crippen LogP contribution in [0.15, 0.2) is 12.3 Å². The molecule has 1 fully saturated rings. The Labute approximate surface area is 106 Å². The fourth-order valence-electron chi connectivity index (χ4n) is 2.78. The zero-order valence-electron chi connectivity index (χ0n) is 10.5. The molecular formula is C13H19F2N3. The highest BCUT2D eigenvalue weighted by molar-refractivity contribution is 5.46. The third-order valence-corrected chi connectivity index (χ3v) is 3.76. The van der Waals surface area contributed by atoms with Crippen LogP contribution in [0.2, 0.25) is 0 Å². The molecule has 0 bridgehead atoms. The van der Waals surface area contributed by atoms with Gasteiger partial charge < -0.3 is 11.5 Å². The maximum Gasteiger partial charge on any atom is 0.248 e. The van der Waals surface area contributed by atoms with Gasteiger partial charge in [0.2, 0.25) is 5.92 Å². The predicted molar refractivity (Wildman–Crippen MR) is 67.2 cm³/mol. The van der Waals surface area contributed by atoms with Crippen LogP contribution in [0.1, 0.15) is 42.9 Å². The normalized spacial score (nSPS) is 24.8. The molecule has 1 aromatic rings. The minimum atomic E-state index is -2.59. The highest BCUT2D eigenvalue weighted by atomic mass is 19.3. The molecule has 4 N–H and O–H groups in total. The van der Waals surface area contributed by atoms with Crippen LogP contribution in [-0.4, -0.2) is 10.9 Å². The first-order valence-electron chi connectivity index (χ1n) is 6.25. The van der Waals surface area contributed by atoms with Gasteiger partial charge in [-0.15, -0.1) is 0 Å². The molecule has 2 atom stereocenters. The van der Waals surface area contributed by atoms with Gasteiger partial charge in [-0.1, -0.05) is 0 Å². The molecule has 18 heavy (non-hydrogen) atoms. The fraction of sp³-hybridized carbons (Fsp3) is 0.615. The van der Waals surface area contributed by atoms with E-state index in [0.29, 0.717) is 12.2 Å². The lowest BCUT2D eigenvalue weighted by Crippen LogP contribution is -2.33. The van der Waals surface area contributed by atoms with Gasteiger partial charge in [-0.2, -0.15) is 0 Å². The van der Waals surface area contributed by atoms with E-state index in [1.165, 1.54) is 0 Å². The van der Waals surface area contributed by atoms with Crippen molar-refractivity contribution in [2.75, 3.05) is 5.73 Å². The van der Waals surface area contributed by atoms with Gasteiger partial charge >= 0.3 is 0 Å². The zero-order valence-corrected chi connectivity index (χ0v) is 10.5. The van der Waals surface area contributed by atoms with Crippen molar-refractivity contribution in [3.8, 4) is 0 Å².